The minimum absolute atomic E-state index is 0.374. The summed E-state index contributed by atoms with van der Waals surface area (Å²) in [5.41, 5.74) is 3.13. The number of hydrogen-bond acceptors (Lipinski definition) is 5. The van der Waals surface area contributed by atoms with E-state index in [0.717, 1.165) is 41.3 Å². The summed E-state index contributed by atoms with van der Waals surface area (Å²) in [7, 11) is 4.93. The molecule has 6 heteroatoms. The van der Waals surface area contributed by atoms with Gasteiger partial charge in [0.1, 0.15) is 6.61 Å². The van der Waals surface area contributed by atoms with E-state index in [9.17, 15) is 0 Å². The van der Waals surface area contributed by atoms with Crippen LogP contribution in [0.2, 0.25) is 5.02 Å². The van der Waals surface area contributed by atoms with Crippen molar-refractivity contribution < 1.29 is 18.9 Å². The van der Waals surface area contributed by atoms with Gasteiger partial charge in [-0.1, -0.05) is 48.0 Å². The Kier molecular flexibility index (Phi) is 8.44. The second-order valence-corrected chi connectivity index (χ2v) is 7.35. The largest absolute Gasteiger partial charge is 0.493 e. The monoisotopic (exact) mass is 441 g/mol. The van der Waals surface area contributed by atoms with Gasteiger partial charge in [0.25, 0.3) is 0 Å². The SMILES string of the molecule is COc1ccc(CCNCc2cccc(OC)c2OCc2ccccc2Cl)cc1OC. The Morgan fingerprint density at radius 3 is 2.26 bits per heavy atom. The van der Waals surface area contributed by atoms with Crippen LogP contribution in [0.1, 0.15) is 16.7 Å². The molecule has 0 heterocycles. The first-order valence-electron chi connectivity index (χ1n) is 10.1. The summed E-state index contributed by atoms with van der Waals surface area (Å²) < 4.78 is 22.3. The van der Waals surface area contributed by atoms with E-state index in [1.165, 1.54) is 5.56 Å². The summed E-state index contributed by atoms with van der Waals surface area (Å²) in [6.07, 6.45) is 0.861. The maximum Gasteiger partial charge on any atom is 0.166 e. The number of rotatable bonds is 11. The quantitative estimate of drug-likeness (QED) is 0.410. The summed E-state index contributed by atoms with van der Waals surface area (Å²) in [4.78, 5) is 0. The maximum atomic E-state index is 6.26. The average molecular weight is 442 g/mol. The van der Waals surface area contributed by atoms with Crippen molar-refractivity contribution in [2.75, 3.05) is 27.9 Å². The third kappa shape index (κ3) is 6.06. The molecule has 0 aliphatic rings. The highest BCUT2D eigenvalue weighted by atomic mass is 35.5. The molecule has 0 unspecified atom stereocenters. The van der Waals surface area contributed by atoms with Crippen molar-refractivity contribution in [3.63, 3.8) is 0 Å². The molecule has 0 aliphatic carbocycles. The van der Waals surface area contributed by atoms with Gasteiger partial charge in [0.15, 0.2) is 23.0 Å². The molecule has 0 atom stereocenters. The van der Waals surface area contributed by atoms with Crippen molar-refractivity contribution in [1.29, 1.82) is 0 Å². The minimum atomic E-state index is 0.374. The number of hydrogen-bond donors (Lipinski definition) is 1. The number of ether oxygens (including phenoxy) is 4. The van der Waals surface area contributed by atoms with Gasteiger partial charge in [0.05, 0.1) is 21.3 Å². The topological polar surface area (TPSA) is 49.0 Å². The number of halogens is 1. The fraction of sp³-hybridized carbons (Fsp3) is 0.280. The van der Waals surface area contributed by atoms with E-state index >= 15 is 0 Å². The van der Waals surface area contributed by atoms with Gasteiger partial charge in [0.2, 0.25) is 0 Å². The van der Waals surface area contributed by atoms with Crippen LogP contribution in [-0.2, 0) is 19.6 Å². The van der Waals surface area contributed by atoms with Crippen molar-refractivity contribution in [3.05, 3.63) is 82.4 Å². The van der Waals surface area contributed by atoms with Gasteiger partial charge < -0.3 is 24.3 Å². The Morgan fingerprint density at radius 2 is 1.52 bits per heavy atom. The molecular formula is C25H28ClNO4. The Hall–Kier alpha value is -2.89. The predicted octanol–water partition coefficient (Wildman–Crippen LogP) is 5.28. The summed E-state index contributed by atoms with van der Waals surface area (Å²) >= 11 is 6.26. The van der Waals surface area contributed by atoms with Gasteiger partial charge in [-0.15, -0.1) is 0 Å². The van der Waals surface area contributed by atoms with Crippen LogP contribution < -0.4 is 24.3 Å². The molecule has 3 aromatic carbocycles. The van der Waals surface area contributed by atoms with Crippen molar-refractivity contribution in [2.45, 2.75) is 19.6 Å². The standard InChI is InChI=1S/C25H28ClNO4/c1-28-22-12-11-18(15-24(22)30-3)13-14-27-16-19-8-6-10-23(29-2)25(19)31-17-20-7-4-5-9-21(20)26/h4-12,15,27H,13-14,16-17H2,1-3H3. The van der Waals surface area contributed by atoms with E-state index in [1.807, 2.05) is 60.7 Å². The molecule has 1 N–H and O–H groups in total. The normalized spacial score (nSPS) is 10.6. The van der Waals surface area contributed by atoms with Crippen LogP contribution in [0.25, 0.3) is 0 Å². The zero-order valence-electron chi connectivity index (χ0n) is 18.1. The molecule has 5 nitrogen and oxygen atoms in total. The third-order valence-corrected chi connectivity index (χ3v) is 5.33. The lowest BCUT2D eigenvalue weighted by atomic mass is 10.1. The van der Waals surface area contributed by atoms with Gasteiger partial charge >= 0.3 is 0 Å². The molecule has 0 saturated heterocycles. The molecular weight excluding hydrogens is 414 g/mol. The molecule has 164 valence electrons. The lowest BCUT2D eigenvalue weighted by Crippen LogP contribution is -2.17. The van der Waals surface area contributed by atoms with Crippen LogP contribution in [0.4, 0.5) is 0 Å². The molecule has 0 bridgehead atoms. The van der Waals surface area contributed by atoms with E-state index in [2.05, 4.69) is 5.32 Å². The van der Waals surface area contributed by atoms with Gasteiger partial charge in [0, 0.05) is 22.7 Å². The summed E-state index contributed by atoms with van der Waals surface area (Å²) in [5.74, 6) is 2.90. The molecule has 0 fully saturated rings. The molecule has 3 rings (SSSR count). The van der Waals surface area contributed by atoms with Crippen LogP contribution in [-0.4, -0.2) is 27.9 Å². The summed E-state index contributed by atoms with van der Waals surface area (Å²) in [5, 5.41) is 4.17. The Balaban J connectivity index is 1.62. The van der Waals surface area contributed by atoms with Crippen molar-refractivity contribution in [2.24, 2.45) is 0 Å². The Labute approximate surface area is 188 Å². The van der Waals surface area contributed by atoms with E-state index in [0.29, 0.717) is 23.9 Å². The van der Waals surface area contributed by atoms with Gasteiger partial charge in [-0.25, -0.2) is 0 Å². The number of para-hydroxylation sites is 1. The van der Waals surface area contributed by atoms with Crippen molar-refractivity contribution in [3.8, 4) is 23.0 Å². The van der Waals surface area contributed by atoms with Crippen molar-refractivity contribution in [1.82, 2.24) is 5.32 Å². The molecule has 3 aromatic rings. The highest BCUT2D eigenvalue weighted by molar-refractivity contribution is 6.31. The molecule has 0 spiro atoms. The Bertz CT molecular complexity index is 993. The van der Waals surface area contributed by atoms with Crippen LogP contribution in [0, 0.1) is 0 Å². The van der Waals surface area contributed by atoms with Crippen molar-refractivity contribution >= 4 is 11.6 Å². The van der Waals surface area contributed by atoms with Gasteiger partial charge in [-0.05, 0) is 42.8 Å². The second-order valence-electron chi connectivity index (χ2n) is 6.94. The first kappa shape index (κ1) is 22.8. The molecule has 0 radical (unpaired) electrons. The zero-order chi connectivity index (χ0) is 22.1. The van der Waals surface area contributed by atoms with Crippen LogP contribution in [0.5, 0.6) is 23.0 Å². The van der Waals surface area contributed by atoms with Crippen LogP contribution in [0.15, 0.2) is 60.7 Å². The minimum Gasteiger partial charge on any atom is -0.493 e. The van der Waals surface area contributed by atoms with E-state index in [4.69, 9.17) is 30.5 Å². The number of methoxy groups -OCH3 is 3. The maximum absolute atomic E-state index is 6.26. The molecule has 0 aliphatic heterocycles. The second kappa shape index (κ2) is 11.5. The highest BCUT2D eigenvalue weighted by Gasteiger charge is 2.12. The number of nitrogens with one attached hydrogen (secondary N) is 1. The van der Waals surface area contributed by atoms with Gasteiger partial charge in [-0.3, -0.25) is 0 Å². The van der Waals surface area contributed by atoms with Gasteiger partial charge in [-0.2, -0.15) is 0 Å². The first-order chi connectivity index (χ1) is 15.2. The summed E-state index contributed by atoms with van der Waals surface area (Å²) in [6, 6.07) is 19.5. The van der Waals surface area contributed by atoms with Crippen LogP contribution >= 0.6 is 11.6 Å². The predicted molar refractivity (Wildman–Crippen MR) is 124 cm³/mol. The fourth-order valence-electron chi connectivity index (χ4n) is 3.28. The molecule has 0 saturated carbocycles. The summed E-state index contributed by atoms with van der Waals surface area (Å²) in [6.45, 7) is 1.83. The van der Waals surface area contributed by atoms with E-state index in [1.54, 1.807) is 21.3 Å². The Morgan fingerprint density at radius 1 is 0.774 bits per heavy atom. The molecule has 0 amide bonds. The van der Waals surface area contributed by atoms with E-state index in [-0.39, 0.29) is 0 Å². The highest BCUT2D eigenvalue weighted by Crippen LogP contribution is 2.32. The first-order valence-corrected chi connectivity index (χ1v) is 10.5. The average Bonchev–Trinajstić information content (AvgIpc) is 2.81. The fourth-order valence-corrected chi connectivity index (χ4v) is 3.47. The lowest BCUT2D eigenvalue weighted by molar-refractivity contribution is 0.280. The zero-order valence-corrected chi connectivity index (χ0v) is 18.9. The molecule has 0 aromatic heterocycles. The van der Waals surface area contributed by atoms with E-state index < -0.39 is 0 Å². The lowest BCUT2D eigenvalue weighted by Gasteiger charge is -2.16. The smallest absolute Gasteiger partial charge is 0.166 e. The molecule has 31 heavy (non-hydrogen) atoms. The third-order valence-electron chi connectivity index (χ3n) is 4.96. The number of benzene rings is 3. The van der Waals surface area contributed by atoms with Crippen LogP contribution in [0.3, 0.4) is 0 Å².